The summed E-state index contributed by atoms with van der Waals surface area (Å²) in [5.74, 6) is 0.976. The van der Waals surface area contributed by atoms with Crippen molar-refractivity contribution < 1.29 is 8.42 Å². The molecule has 1 aliphatic heterocycles. The van der Waals surface area contributed by atoms with Gasteiger partial charge in [0, 0.05) is 19.1 Å². The van der Waals surface area contributed by atoms with Crippen molar-refractivity contribution in [1.82, 2.24) is 9.62 Å². The van der Waals surface area contributed by atoms with Gasteiger partial charge in [-0.15, -0.1) is 0 Å². The number of nitrogens with zero attached hydrogens (tertiary/aromatic N) is 1. The Hall–Kier alpha value is -0.130. The van der Waals surface area contributed by atoms with Gasteiger partial charge in [0.15, 0.2) is 0 Å². The monoisotopic (exact) mass is 246 g/mol. The minimum Gasteiger partial charge on any atom is -0.314 e. The summed E-state index contributed by atoms with van der Waals surface area (Å²) in [7, 11) is -2.97. The van der Waals surface area contributed by atoms with E-state index in [0.717, 1.165) is 25.3 Å². The summed E-state index contributed by atoms with van der Waals surface area (Å²) in [4.78, 5) is 0. The Bertz CT molecular complexity index is 317. The van der Waals surface area contributed by atoms with Crippen LogP contribution in [0.4, 0.5) is 0 Å². The third-order valence-corrected chi connectivity index (χ3v) is 4.91. The van der Waals surface area contributed by atoms with Crippen molar-refractivity contribution in [2.24, 2.45) is 5.92 Å². The smallest absolute Gasteiger partial charge is 0.211 e. The van der Waals surface area contributed by atoms with Crippen molar-refractivity contribution in [2.75, 3.05) is 25.9 Å². The molecule has 0 amide bonds. The van der Waals surface area contributed by atoms with Crippen molar-refractivity contribution in [1.29, 1.82) is 0 Å². The highest BCUT2D eigenvalue weighted by atomic mass is 32.2. The fourth-order valence-electron chi connectivity index (χ4n) is 2.29. The molecular weight excluding hydrogens is 224 g/mol. The molecule has 0 atom stereocenters. The molecule has 0 bridgehead atoms. The number of hydrogen-bond donors (Lipinski definition) is 1. The first-order valence-electron chi connectivity index (χ1n) is 6.24. The SMILES string of the molecule is CS(=O)(=O)N1CCC(NCCC2CC2)CC1. The molecule has 16 heavy (non-hydrogen) atoms. The average Bonchev–Trinajstić information content (AvgIpc) is 3.01. The van der Waals surface area contributed by atoms with Crippen molar-refractivity contribution in [3.05, 3.63) is 0 Å². The van der Waals surface area contributed by atoms with Gasteiger partial charge in [0.25, 0.3) is 0 Å². The van der Waals surface area contributed by atoms with E-state index in [1.165, 1.54) is 25.5 Å². The molecule has 2 aliphatic rings. The Kier molecular flexibility index (Phi) is 3.87. The normalized spacial score (nSPS) is 24.8. The van der Waals surface area contributed by atoms with Crippen LogP contribution in [0.5, 0.6) is 0 Å². The first-order chi connectivity index (χ1) is 7.55. The molecule has 2 rings (SSSR count). The van der Waals surface area contributed by atoms with Gasteiger partial charge in [-0.1, -0.05) is 12.8 Å². The molecule has 1 saturated heterocycles. The minimum absolute atomic E-state index is 0.525. The molecule has 4 nitrogen and oxygen atoms in total. The van der Waals surface area contributed by atoms with Crippen molar-refractivity contribution >= 4 is 10.0 Å². The van der Waals surface area contributed by atoms with Gasteiger partial charge >= 0.3 is 0 Å². The Morgan fingerprint density at radius 1 is 1.19 bits per heavy atom. The lowest BCUT2D eigenvalue weighted by Gasteiger charge is -2.30. The molecule has 0 radical (unpaired) electrons. The molecule has 0 spiro atoms. The molecule has 0 aromatic rings. The lowest BCUT2D eigenvalue weighted by Crippen LogP contribution is -2.44. The van der Waals surface area contributed by atoms with Crippen LogP contribution in [0.3, 0.4) is 0 Å². The summed E-state index contributed by atoms with van der Waals surface area (Å²) < 4.78 is 24.2. The minimum atomic E-state index is -2.97. The van der Waals surface area contributed by atoms with Gasteiger partial charge in [0.05, 0.1) is 6.26 Å². The Labute approximate surface area is 98.4 Å². The van der Waals surface area contributed by atoms with E-state index in [0.29, 0.717) is 19.1 Å². The highest BCUT2D eigenvalue weighted by molar-refractivity contribution is 7.88. The zero-order valence-corrected chi connectivity index (χ0v) is 10.8. The van der Waals surface area contributed by atoms with E-state index in [1.54, 1.807) is 4.31 Å². The summed E-state index contributed by atoms with van der Waals surface area (Å²) in [6.45, 7) is 2.47. The maximum absolute atomic E-state index is 11.3. The lowest BCUT2D eigenvalue weighted by molar-refractivity contribution is 0.290. The van der Waals surface area contributed by atoms with Crippen molar-refractivity contribution in [2.45, 2.75) is 38.1 Å². The molecule has 2 fully saturated rings. The first kappa shape index (κ1) is 12.3. The largest absolute Gasteiger partial charge is 0.314 e. The van der Waals surface area contributed by atoms with E-state index in [4.69, 9.17) is 0 Å². The van der Waals surface area contributed by atoms with Crippen LogP contribution in [-0.4, -0.2) is 44.7 Å². The van der Waals surface area contributed by atoms with Gasteiger partial charge in [-0.2, -0.15) is 0 Å². The van der Waals surface area contributed by atoms with Crippen LogP contribution in [0.2, 0.25) is 0 Å². The molecule has 1 aliphatic carbocycles. The molecule has 94 valence electrons. The number of hydrogen-bond acceptors (Lipinski definition) is 3. The van der Waals surface area contributed by atoms with Crippen LogP contribution < -0.4 is 5.32 Å². The maximum atomic E-state index is 11.3. The lowest BCUT2D eigenvalue weighted by atomic mass is 10.1. The maximum Gasteiger partial charge on any atom is 0.211 e. The number of rotatable bonds is 5. The van der Waals surface area contributed by atoms with Crippen molar-refractivity contribution in [3.63, 3.8) is 0 Å². The summed E-state index contributed by atoms with van der Waals surface area (Å²) in [5.41, 5.74) is 0. The van der Waals surface area contributed by atoms with Crippen LogP contribution >= 0.6 is 0 Å². The molecule has 1 heterocycles. The van der Waals surface area contributed by atoms with Gasteiger partial charge in [0.2, 0.25) is 10.0 Å². The zero-order valence-electron chi connectivity index (χ0n) is 9.98. The molecule has 1 saturated carbocycles. The first-order valence-corrected chi connectivity index (χ1v) is 8.09. The van der Waals surface area contributed by atoms with Crippen LogP contribution in [0.15, 0.2) is 0 Å². The quantitative estimate of drug-likeness (QED) is 0.780. The van der Waals surface area contributed by atoms with Crippen LogP contribution in [0, 0.1) is 5.92 Å². The number of nitrogens with one attached hydrogen (secondary N) is 1. The highest BCUT2D eigenvalue weighted by Crippen LogP contribution is 2.31. The van der Waals surface area contributed by atoms with Gasteiger partial charge in [-0.3, -0.25) is 0 Å². The van der Waals surface area contributed by atoms with E-state index < -0.39 is 10.0 Å². The van der Waals surface area contributed by atoms with E-state index in [1.807, 2.05) is 0 Å². The predicted molar refractivity (Wildman–Crippen MR) is 64.8 cm³/mol. The molecular formula is C11H22N2O2S. The topological polar surface area (TPSA) is 49.4 Å². The molecule has 0 unspecified atom stereocenters. The number of sulfonamides is 1. The van der Waals surface area contributed by atoms with Gasteiger partial charge in [0.1, 0.15) is 0 Å². The molecule has 1 N–H and O–H groups in total. The average molecular weight is 246 g/mol. The zero-order chi connectivity index (χ0) is 11.6. The second-order valence-corrected chi connectivity index (χ2v) is 7.10. The second-order valence-electron chi connectivity index (χ2n) is 5.12. The molecule has 5 heteroatoms. The van der Waals surface area contributed by atoms with Crippen LogP contribution in [0.25, 0.3) is 0 Å². The van der Waals surface area contributed by atoms with Crippen LogP contribution in [-0.2, 0) is 10.0 Å². The third kappa shape index (κ3) is 3.71. The summed E-state index contributed by atoms with van der Waals surface area (Å²) in [5, 5.41) is 3.54. The van der Waals surface area contributed by atoms with Gasteiger partial charge in [-0.25, -0.2) is 12.7 Å². The molecule has 0 aromatic carbocycles. The van der Waals surface area contributed by atoms with E-state index >= 15 is 0 Å². The van der Waals surface area contributed by atoms with E-state index in [2.05, 4.69) is 5.32 Å². The van der Waals surface area contributed by atoms with Crippen LogP contribution in [0.1, 0.15) is 32.1 Å². The highest BCUT2D eigenvalue weighted by Gasteiger charge is 2.25. The Balaban J connectivity index is 1.64. The molecule has 0 aromatic heterocycles. The second kappa shape index (κ2) is 5.02. The summed E-state index contributed by atoms with van der Waals surface area (Å²) in [6.07, 6.45) is 7.33. The fraction of sp³-hybridized carbons (Fsp3) is 1.00. The fourth-order valence-corrected chi connectivity index (χ4v) is 3.16. The van der Waals surface area contributed by atoms with E-state index in [9.17, 15) is 8.42 Å². The summed E-state index contributed by atoms with van der Waals surface area (Å²) >= 11 is 0. The number of piperidine rings is 1. The predicted octanol–water partition coefficient (Wildman–Crippen LogP) is 0.800. The summed E-state index contributed by atoms with van der Waals surface area (Å²) in [6, 6.07) is 0.525. The third-order valence-electron chi connectivity index (χ3n) is 3.61. The van der Waals surface area contributed by atoms with Gasteiger partial charge < -0.3 is 5.32 Å². The Morgan fingerprint density at radius 2 is 1.81 bits per heavy atom. The van der Waals surface area contributed by atoms with Gasteiger partial charge in [-0.05, 0) is 31.7 Å². The Morgan fingerprint density at radius 3 is 2.31 bits per heavy atom. The van der Waals surface area contributed by atoms with E-state index in [-0.39, 0.29) is 0 Å². The van der Waals surface area contributed by atoms with Crippen molar-refractivity contribution in [3.8, 4) is 0 Å². The standard InChI is InChI=1S/C11H22N2O2S/c1-16(14,15)13-8-5-11(6-9-13)12-7-4-10-2-3-10/h10-12H,2-9H2,1H3.